The highest BCUT2D eigenvalue weighted by molar-refractivity contribution is 5.92. The van der Waals surface area contributed by atoms with Gasteiger partial charge in [0.15, 0.2) is 11.6 Å². The van der Waals surface area contributed by atoms with Crippen LogP contribution in [0.1, 0.15) is 25.8 Å². The monoisotopic (exact) mass is 506 g/mol. The normalized spacial score (nSPS) is 19.6. The van der Waals surface area contributed by atoms with Crippen LogP contribution in [0.3, 0.4) is 0 Å². The number of halogens is 1. The lowest BCUT2D eigenvalue weighted by molar-refractivity contribution is 0.235. The molecule has 0 aromatic carbocycles. The maximum atomic E-state index is 12.9. The van der Waals surface area contributed by atoms with Crippen molar-refractivity contribution in [2.45, 2.75) is 31.8 Å². The molecule has 0 radical (unpaired) electrons. The van der Waals surface area contributed by atoms with Gasteiger partial charge in [-0.15, -0.1) is 0 Å². The van der Waals surface area contributed by atoms with Gasteiger partial charge in [0.25, 0.3) is 0 Å². The van der Waals surface area contributed by atoms with Crippen LogP contribution in [0.15, 0.2) is 30.7 Å². The molecule has 1 saturated heterocycles. The van der Waals surface area contributed by atoms with Gasteiger partial charge in [0.2, 0.25) is 5.88 Å². The minimum atomic E-state index is -0.335. The van der Waals surface area contributed by atoms with E-state index in [2.05, 4.69) is 41.8 Å². The van der Waals surface area contributed by atoms with E-state index in [1.807, 2.05) is 32.4 Å². The molecule has 194 valence electrons. The smallest absolute Gasteiger partial charge is 0.222 e. The molecule has 11 nitrogen and oxygen atoms in total. The number of nitrogens with one attached hydrogen (secondary N) is 1. The summed E-state index contributed by atoms with van der Waals surface area (Å²) in [5.41, 5.74) is 1.73. The number of pyridine rings is 1. The maximum absolute atomic E-state index is 12.9. The molecule has 1 fully saturated rings. The lowest BCUT2D eigenvalue weighted by atomic mass is 10.2. The van der Waals surface area contributed by atoms with Crippen molar-refractivity contribution in [3.05, 3.63) is 30.7 Å². The number of aromatic nitrogens is 7. The summed E-state index contributed by atoms with van der Waals surface area (Å²) in [5, 5.41) is 13.8. The number of hydrogen-bond donors (Lipinski definition) is 1. The molecule has 37 heavy (non-hydrogen) atoms. The molecular weight excluding hydrogens is 475 g/mol. The highest BCUT2D eigenvalue weighted by Crippen LogP contribution is 2.34. The SMILES string of the molecule is C[C@H]1CCOc2c(cnn2C)-c2nccc(n2)Nc2cc3c(cn2)c(N2CC[C@@H](N(C)CCF)C2)nn31. The molecule has 1 N–H and O–H groups in total. The predicted molar refractivity (Wildman–Crippen MR) is 139 cm³/mol. The first kappa shape index (κ1) is 23.6. The average Bonchev–Trinajstić information content (AvgIpc) is 3.61. The van der Waals surface area contributed by atoms with E-state index in [0.29, 0.717) is 42.5 Å². The summed E-state index contributed by atoms with van der Waals surface area (Å²) in [5.74, 6) is 3.39. The third-order valence-corrected chi connectivity index (χ3v) is 7.32. The van der Waals surface area contributed by atoms with Crippen LogP contribution >= 0.6 is 0 Å². The molecule has 2 aliphatic heterocycles. The second-order valence-electron chi connectivity index (χ2n) is 9.78. The van der Waals surface area contributed by atoms with Crippen molar-refractivity contribution in [2.75, 3.05) is 50.2 Å². The molecule has 0 saturated carbocycles. The van der Waals surface area contributed by atoms with Gasteiger partial charge in [-0.1, -0.05) is 0 Å². The zero-order valence-electron chi connectivity index (χ0n) is 21.3. The van der Waals surface area contributed by atoms with E-state index in [1.54, 1.807) is 17.1 Å². The average molecular weight is 507 g/mol. The summed E-state index contributed by atoms with van der Waals surface area (Å²) < 4.78 is 22.9. The van der Waals surface area contributed by atoms with Gasteiger partial charge in [0.05, 0.1) is 29.7 Å². The summed E-state index contributed by atoms with van der Waals surface area (Å²) in [6.07, 6.45) is 7.03. The number of nitrogens with zero attached hydrogens (tertiary/aromatic N) is 9. The molecule has 0 aliphatic carbocycles. The van der Waals surface area contributed by atoms with Crippen LogP contribution in [0, 0.1) is 0 Å². The third-order valence-electron chi connectivity index (χ3n) is 7.32. The molecule has 0 amide bonds. The van der Waals surface area contributed by atoms with E-state index in [-0.39, 0.29) is 12.7 Å². The number of rotatable bonds is 4. The van der Waals surface area contributed by atoms with Crippen molar-refractivity contribution < 1.29 is 9.13 Å². The van der Waals surface area contributed by atoms with Crippen LogP contribution < -0.4 is 15.0 Å². The first-order valence-electron chi connectivity index (χ1n) is 12.7. The molecule has 2 aliphatic rings. The minimum Gasteiger partial charge on any atom is -0.477 e. The quantitative estimate of drug-likeness (QED) is 0.447. The van der Waals surface area contributed by atoms with Crippen LogP contribution in [-0.2, 0) is 7.05 Å². The van der Waals surface area contributed by atoms with Gasteiger partial charge >= 0.3 is 0 Å². The van der Waals surface area contributed by atoms with Gasteiger partial charge < -0.3 is 15.0 Å². The van der Waals surface area contributed by atoms with Gasteiger partial charge in [-0.05, 0) is 26.5 Å². The Morgan fingerprint density at radius 2 is 2.11 bits per heavy atom. The first-order valence-corrected chi connectivity index (χ1v) is 12.7. The molecule has 0 unspecified atom stereocenters. The number of fused-ring (bicyclic) bond motifs is 5. The number of aryl methyl sites for hydroxylation is 1. The second-order valence-corrected chi connectivity index (χ2v) is 9.78. The zero-order valence-corrected chi connectivity index (χ0v) is 21.3. The summed E-state index contributed by atoms with van der Waals surface area (Å²) >= 11 is 0. The Morgan fingerprint density at radius 1 is 1.22 bits per heavy atom. The molecule has 4 bridgehead atoms. The number of alkyl halides is 1. The van der Waals surface area contributed by atoms with Crippen LogP contribution in [0.25, 0.3) is 22.3 Å². The number of ether oxygens (including phenoxy) is 1. The van der Waals surface area contributed by atoms with E-state index < -0.39 is 0 Å². The molecule has 2 atom stereocenters. The van der Waals surface area contributed by atoms with Gasteiger partial charge in [-0.2, -0.15) is 10.2 Å². The largest absolute Gasteiger partial charge is 0.477 e. The molecule has 4 aromatic rings. The fraction of sp³-hybridized carbons (Fsp3) is 0.480. The maximum Gasteiger partial charge on any atom is 0.222 e. The number of likely N-dealkylation sites (N-methyl/N-ethyl adjacent to an activating group) is 1. The summed E-state index contributed by atoms with van der Waals surface area (Å²) in [6.45, 7) is 4.43. The van der Waals surface area contributed by atoms with Crippen molar-refractivity contribution in [3.63, 3.8) is 0 Å². The number of anilines is 3. The standard InChI is InChI=1S/C25H31FN10O/c1-16-6-11-37-25-19(14-29-34(25)3)23-27-8-4-21(31-23)30-22-12-20-18(13-28-22)24(32-36(16)20)35-9-5-17(15-35)33(2)10-7-26/h4,8,12-14,16-17H,5-7,9-11,15H2,1-3H3,(H,27,28,30,31)/t16-,17+/m0/s1. The van der Waals surface area contributed by atoms with Crippen molar-refractivity contribution in [1.82, 2.24) is 39.4 Å². The van der Waals surface area contributed by atoms with Gasteiger partial charge in [0, 0.05) is 57.6 Å². The lowest BCUT2D eigenvalue weighted by Gasteiger charge is -2.23. The van der Waals surface area contributed by atoms with Crippen LogP contribution in [0.4, 0.5) is 21.8 Å². The Labute approximate surface area is 214 Å². The number of hydrogen-bond acceptors (Lipinski definition) is 9. The zero-order chi connectivity index (χ0) is 25.5. The highest BCUT2D eigenvalue weighted by Gasteiger charge is 2.29. The molecule has 12 heteroatoms. The Hall–Kier alpha value is -3.80. The molecule has 4 aromatic heterocycles. The van der Waals surface area contributed by atoms with Crippen LogP contribution in [0.2, 0.25) is 0 Å². The van der Waals surface area contributed by atoms with E-state index in [9.17, 15) is 4.39 Å². The van der Waals surface area contributed by atoms with Gasteiger partial charge in [-0.3, -0.25) is 9.58 Å². The van der Waals surface area contributed by atoms with E-state index >= 15 is 0 Å². The summed E-state index contributed by atoms with van der Waals surface area (Å²) in [6, 6.07) is 4.21. The fourth-order valence-corrected chi connectivity index (χ4v) is 5.15. The molecule has 6 rings (SSSR count). The first-order chi connectivity index (χ1) is 18.0. The predicted octanol–water partition coefficient (Wildman–Crippen LogP) is 3.19. The van der Waals surface area contributed by atoms with Crippen LogP contribution in [0.5, 0.6) is 5.88 Å². The van der Waals surface area contributed by atoms with Gasteiger partial charge in [-0.25, -0.2) is 24.0 Å². The lowest BCUT2D eigenvalue weighted by Crippen LogP contribution is -2.36. The van der Waals surface area contributed by atoms with Crippen LogP contribution in [-0.4, -0.2) is 85.4 Å². The van der Waals surface area contributed by atoms with Gasteiger partial charge in [0.1, 0.15) is 23.9 Å². The Kier molecular flexibility index (Phi) is 6.11. The fourth-order valence-electron chi connectivity index (χ4n) is 5.15. The Bertz CT molecular complexity index is 1420. The molecular formula is C25H31FN10O. The molecule has 6 heterocycles. The Morgan fingerprint density at radius 3 is 2.97 bits per heavy atom. The third kappa shape index (κ3) is 4.35. The summed E-state index contributed by atoms with van der Waals surface area (Å²) in [7, 11) is 3.84. The van der Waals surface area contributed by atoms with Crippen molar-refractivity contribution in [1.29, 1.82) is 0 Å². The van der Waals surface area contributed by atoms with Crippen molar-refractivity contribution in [3.8, 4) is 17.3 Å². The highest BCUT2D eigenvalue weighted by atomic mass is 19.1. The van der Waals surface area contributed by atoms with E-state index in [4.69, 9.17) is 14.8 Å². The minimum absolute atomic E-state index is 0.0767. The Balaban J connectivity index is 1.39. The molecule has 0 spiro atoms. The van der Waals surface area contributed by atoms with Crippen molar-refractivity contribution >= 4 is 28.4 Å². The van der Waals surface area contributed by atoms with E-state index in [0.717, 1.165) is 48.2 Å². The topological polar surface area (TPSA) is 102 Å². The summed E-state index contributed by atoms with van der Waals surface area (Å²) in [4.78, 5) is 18.2. The van der Waals surface area contributed by atoms with E-state index in [1.165, 1.54) is 0 Å². The second kappa shape index (κ2) is 9.58. The van der Waals surface area contributed by atoms with Crippen molar-refractivity contribution in [2.24, 2.45) is 7.05 Å².